The summed E-state index contributed by atoms with van der Waals surface area (Å²) in [4.78, 5) is 4.57. The molecule has 1 aliphatic rings. The Bertz CT molecular complexity index is 444. The van der Waals surface area contributed by atoms with E-state index in [4.69, 9.17) is 11.6 Å². The van der Waals surface area contributed by atoms with Gasteiger partial charge in [0.2, 0.25) is 0 Å². The van der Waals surface area contributed by atoms with Crippen LogP contribution in [-0.4, -0.2) is 42.8 Å². The van der Waals surface area contributed by atoms with E-state index < -0.39 is 0 Å². The third-order valence-corrected chi connectivity index (χ3v) is 4.08. The Morgan fingerprint density at radius 1 is 1.35 bits per heavy atom. The van der Waals surface area contributed by atoms with Crippen molar-refractivity contribution in [1.82, 2.24) is 4.90 Å². The molecule has 0 bridgehead atoms. The van der Waals surface area contributed by atoms with E-state index >= 15 is 0 Å². The van der Waals surface area contributed by atoms with E-state index in [9.17, 15) is 5.11 Å². The molecule has 3 nitrogen and oxygen atoms in total. The van der Waals surface area contributed by atoms with Gasteiger partial charge in [-0.05, 0) is 25.0 Å². The van der Waals surface area contributed by atoms with Gasteiger partial charge >= 0.3 is 0 Å². The fraction of sp³-hybridized carbons (Fsp3) is 0.500. The van der Waals surface area contributed by atoms with Crippen LogP contribution in [0.4, 0.5) is 5.69 Å². The smallest absolute Gasteiger partial charge is 0.0558 e. The lowest BCUT2D eigenvalue weighted by Gasteiger charge is -2.26. The molecule has 0 amide bonds. The Kier molecular flexibility index (Phi) is 5.89. The first-order chi connectivity index (χ1) is 9.76. The van der Waals surface area contributed by atoms with E-state index in [0.29, 0.717) is 6.54 Å². The van der Waals surface area contributed by atoms with Crippen molar-refractivity contribution in [3.05, 3.63) is 41.4 Å². The zero-order valence-corrected chi connectivity index (χ0v) is 12.6. The molecule has 2 rings (SSSR count). The van der Waals surface area contributed by atoms with Crippen LogP contribution in [0.1, 0.15) is 18.4 Å². The van der Waals surface area contributed by atoms with E-state index in [1.807, 2.05) is 18.2 Å². The highest BCUT2D eigenvalue weighted by Crippen LogP contribution is 2.31. The molecule has 0 saturated carbocycles. The van der Waals surface area contributed by atoms with Gasteiger partial charge in [-0.25, -0.2) is 0 Å². The maximum atomic E-state index is 9.17. The molecular weight excluding hydrogens is 272 g/mol. The van der Waals surface area contributed by atoms with E-state index in [1.165, 1.54) is 18.5 Å². The van der Waals surface area contributed by atoms with Crippen LogP contribution in [0.2, 0.25) is 5.02 Å². The van der Waals surface area contributed by atoms with Crippen LogP contribution in [-0.2, 0) is 6.54 Å². The van der Waals surface area contributed by atoms with Crippen molar-refractivity contribution in [3.63, 3.8) is 0 Å². The predicted octanol–water partition coefficient (Wildman–Crippen LogP) is 2.92. The van der Waals surface area contributed by atoms with Crippen molar-refractivity contribution in [2.24, 2.45) is 0 Å². The number of hydrogen-bond acceptors (Lipinski definition) is 3. The number of halogens is 1. The number of aliphatic hydroxyl groups excluding tert-OH is 1. The van der Waals surface area contributed by atoms with E-state index in [1.54, 1.807) is 0 Å². The van der Waals surface area contributed by atoms with Crippen LogP contribution in [0.25, 0.3) is 0 Å². The van der Waals surface area contributed by atoms with E-state index in [0.717, 1.165) is 36.8 Å². The van der Waals surface area contributed by atoms with Crippen LogP contribution in [0.3, 0.4) is 0 Å². The van der Waals surface area contributed by atoms with Gasteiger partial charge in [0.15, 0.2) is 0 Å². The van der Waals surface area contributed by atoms with Gasteiger partial charge in [0, 0.05) is 49.0 Å². The number of aliphatic hydroxyl groups is 1. The molecule has 0 unspecified atom stereocenters. The second-order valence-electron chi connectivity index (χ2n) is 5.18. The largest absolute Gasteiger partial charge is 0.395 e. The summed E-state index contributed by atoms with van der Waals surface area (Å²) in [7, 11) is 0. The van der Waals surface area contributed by atoms with E-state index in [-0.39, 0.29) is 6.61 Å². The minimum atomic E-state index is 0.150. The van der Waals surface area contributed by atoms with Crippen LogP contribution in [0.15, 0.2) is 30.9 Å². The summed E-state index contributed by atoms with van der Waals surface area (Å²) in [5, 5.41) is 9.98. The zero-order chi connectivity index (χ0) is 14.4. The molecule has 0 radical (unpaired) electrons. The molecule has 1 aromatic rings. The molecular formula is C16H23ClN2O. The van der Waals surface area contributed by atoms with Crippen LogP contribution >= 0.6 is 11.6 Å². The van der Waals surface area contributed by atoms with E-state index in [2.05, 4.69) is 22.4 Å². The number of benzene rings is 1. The van der Waals surface area contributed by atoms with Crippen molar-refractivity contribution in [1.29, 1.82) is 0 Å². The highest BCUT2D eigenvalue weighted by atomic mass is 35.5. The third kappa shape index (κ3) is 3.75. The molecule has 0 aromatic heterocycles. The topological polar surface area (TPSA) is 26.7 Å². The summed E-state index contributed by atoms with van der Waals surface area (Å²) >= 11 is 6.41. The molecule has 1 N–H and O–H groups in total. The highest BCUT2D eigenvalue weighted by molar-refractivity contribution is 6.31. The van der Waals surface area contributed by atoms with Crippen LogP contribution in [0.5, 0.6) is 0 Å². The molecule has 1 saturated heterocycles. The minimum Gasteiger partial charge on any atom is -0.395 e. The second-order valence-corrected chi connectivity index (χ2v) is 5.59. The van der Waals surface area contributed by atoms with Gasteiger partial charge < -0.3 is 10.0 Å². The number of hydrogen-bond donors (Lipinski definition) is 1. The van der Waals surface area contributed by atoms with Crippen molar-refractivity contribution in [2.45, 2.75) is 19.4 Å². The third-order valence-electron chi connectivity index (χ3n) is 3.73. The Morgan fingerprint density at radius 2 is 2.10 bits per heavy atom. The van der Waals surface area contributed by atoms with Crippen molar-refractivity contribution in [2.75, 3.05) is 37.7 Å². The molecule has 1 fully saturated rings. The first-order valence-corrected chi connectivity index (χ1v) is 7.60. The van der Waals surface area contributed by atoms with Gasteiger partial charge in [0.1, 0.15) is 0 Å². The van der Waals surface area contributed by atoms with Gasteiger partial charge in [0.25, 0.3) is 0 Å². The quantitative estimate of drug-likeness (QED) is 0.783. The average Bonchev–Trinajstić information content (AvgIpc) is 2.95. The summed E-state index contributed by atoms with van der Waals surface area (Å²) in [6.45, 7) is 8.28. The van der Waals surface area contributed by atoms with Gasteiger partial charge in [-0.3, -0.25) is 4.90 Å². The van der Waals surface area contributed by atoms with Gasteiger partial charge in [-0.1, -0.05) is 23.7 Å². The van der Waals surface area contributed by atoms with Crippen LogP contribution < -0.4 is 4.90 Å². The summed E-state index contributed by atoms with van der Waals surface area (Å²) in [5.74, 6) is 0. The monoisotopic (exact) mass is 294 g/mol. The number of rotatable bonds is 7. The molecule has 1 heterocycles. The molecule has 4 heteroatoms. The van der Waals surface area contributed by atoms with Crippen molar-refractivity contribution in [3.8, 4) is 0 Å². The molecule has 1 aliphatic heterocycles. The summed E-state index contributed by atoms with van der Waals surface area (Å²) < 4.78 is 0. The maximum Gasteiger partial charge on any atom is 0.0558 e. The zero-order valence-electron chi connectivity index (χ0n) is 11.9. The maximum absolute atomic E-state index is 9.17. The Hall–Kier alpha value is -1.03. The van der Waals surface area contributed by atoms with Gasteiger partial charge in [-0.2, -0.15) is 0 Å². The lowest BCUT2D eigenvalue weighted by molar-refractivity contribution is 0.203. The van der Waals surface area contributed by atoms with Gasteiger partial charge in [0.05, 0.1) is 6.61 Å². The summed E-state index contributed by atoms with van der Waals surface area (Å²) in [6, 6.07) is 6.11. The van der Waals surface area contributed by atoms with Gasteiger partial charge in [-0.15, -0.1) is 6.58 Å². The Morgan fingerprint density at radius 3 is 2.75 bits per heavy atom. The Labute approximate surface area is 126 Å². The molecule has 0 aliphatic carbocycles. The second kappa shape index (κ2) is 7.67. The van der Waals surface area contributed by atoms with Crippen molar-refractivity contribution >= 4 is 17.3 Å². The molecule has 0 spiro atoms. The fourth-order valence-electron chi connectivity index (χ4n) is 2.74. The fourth-order valence-corrected chi connectivity index (χ4v) is 2.97. The highest BCUT2D eigenvalue weighted by Gasteiger charge is 2.18. The molecule has 1 aromatic carbocycles. The minimum absolute atomic E-state index is 0.150. The average molecular weight is 295 g/mol. The Balaban J connectivity index is 2.21. The first-order valence-electron chi connectivity index (χ1n) is 7.22. The SMILES string of the molecule is C=CCN(CCO)Cc1c(Cl)cccc1N1CCCC1. The number of anilines is 1. The van der Waals surface area contributed by atoms with Crippen molar-refractivity contribution < 1.29 is 5.11 Å². The standard InChI is InChI=1S/C16H23ClN2O/c1-2-8-18(11-12-20)13-14-15(17)6-5-7-16(14)19-9-3-4-10-19/h2,5-7,20H,1,3-4,8-13H2. The number of nitrogens with zero attached hydrogens (tertiary/aromatic N) is 2. The van der Waals surface area contributed by atoms with Crippen LogP contribution in [0, 0.1) is 0 Å². The molecule has 110 valence electrons. The molecule has 20 heavy (non-hydrogen) atoms. The summed E-state index contributed by atoms with van der Waals surface area (Å²) in [5.41, 5.74) is 2.40. The lowest BCUT2D eigenvalue weighted by atomic mass is 10.1. The normalized spacial score (nSPS) is 15.1. The lowest BCUT2D eigenvalue weighted by Crippen LogP contribution is -2.28. The molecule has 0 atom stereocenters. The first kappa shape index (κ1) is 15.4. The predicted molar refractivity (Wildman–Crippen MR) is 85.5 cm³/mol. The summed E-state index contributed by atoms with van der Waals surface area (Å²) in [6.07, 6.45) is 4.36.